The fourth-order valence-corrected chi connectivity index (χ4v) is 3.08. The zero-order valence-electron chi connectivity index (χ0n) is 14.5. The van der Waals surface area contributed by atoms with Crippen LogP contribution in [0.2, 0.25) is 0 Å². The van der Waals surface area contributed by atoms with Gasteiger partial charge in [-0.2, -0.15) is 5.26 Å². The van der Waals surface area contributed by atoms with Crippen LogP contribution in [0.3, 0.4) is 0 Å². The summed E-state index contributed by atoms with van der Waals surface area (Å²) in [4.78, 5) is 14.8. The van der Waals surface area contributed by atoms with E-state index in [-0.39, 0.29) is 16.9 Å². The lowest BCUT2D eigenvalue weighted by molar-refractivity contribution is -0.384. The number of anilines is 1. The van der Waals surface area contributed by atoms with Gasteiger partial charge >= 0.3 is 0 Å². The van der Waals surface area contributed by atoms with E-state index in [2.05, 4.69) is 43.0 Å². The number of non-ortho nitro benzene ring substituents is 1. The number of nitro groups is 1. The monoisotopic (exact) mass is 436 g/mol. The summed E-state index contributed by atoms with van der Waals surface area (Å²) in [5.41, 5.74) is 2.19. The molecule has 0 saturated carbocycles. The molecule has 0 saturated heterocycles. The molecule has 0 aliphatic heterocycles. The number of nitrogens with zero attached hydrogens (tertiary/aromatic N) is 5. The SMILES string of the molecule is C=CCNc1ccc(N=Nc2c(Br)cc([N+](=O)[O-])cc2C#N)c2cccnc12. The van der Waals surface area contributed by atoms with Crippen LogP contribution in [0.4, 0.5) is 22.7 Å². The van der Waals surface area contributed by atoms with E-state index in [1.807, 2.05) is 18.2 Å². The Balaban J connectivity index is 2.06. The highest BCUT2D eigenvalue weighted by Gasteiger charge is 2.15. The van der Waals surface area contributed by atoms with Crippen molar-refractivity contribution in [2.45, 2.75) is 0 Å². The Morgan fingerprint density at radius 2 is 2.18 bits per heavy atom. The summed E-state index contributed by atoms with van der Waals surface area (Å²) in [5.74, 6) is 0. The average Bonchev–Trinajstić information content (AvgIpc) is 2.71. The van der Waals surface area contributed by atoms with Crippen LogP contribution in [0, 0.1) is 21.4 Å². The highest BCUT2D eigenvalue weighted by molar-refractivity contribution is 9.10. The zero-order valence-corrected chi connectivity index (χ0v) is 16.0. The number of aromatic nitrogens is 1. The minimum atomic E-state index is -0.569. The van der Waals surface area contributed by atoms with Gasteiger partial charge in [-0.3, -0.25) is 15.1 Å². The lowest BCUT2D eigenvalue weighted by Gasteiger charge is -2.08. The van der Waals surface area contributed by atoms with E-state index in [1.54, 1.807) is 24.4 Å². The Kier molecular flexibility index (Phi) is 5.72. The van der Waals surface area contributed by atoms with Crippen molar-refractivity contribution in [1.29, 1.82) is 5.26 Å². The second-order valence-electron chi connectivity index (χ2n) is 5.59. The second-order valence-corrected chi connectivity index (χ2v) is 6.45. The molecule has 0 amide bonds. The van der Waals surface area contributed by atoms with Crippen molar-refractivity contribution in [2.24, 2.45) is 10.2 Å². The van der Waals surface area contributed by atoms with Gasteiger partial charge in [-0.1, -0.05) is 6.08 Å². The molecule has 138 valence electrons. The van der Waals surface area contributed by atoms with Gasteiger partial charge in [0.2, 0.25) is 0 Å². The van der Waals surface area contributed by atoms with Gasteiger partial charge in [0.15, 0.2) is 0 Å². The van der Waals surface area contributed by atoms with Crippen LogP contribution in [0.5, 0.6) is 0 Å². The molecule has 2 aromatic carbocycles. The van der Waals surface area contributed by atoms with E-state index in [9.17, 15) is 15.4 Å². The van der Waals surface area contributed by atoms with Crippen LogP contribution in [-0.2, 0) is 0 Å². The standard InChI is InChI=1S/C19H13BrN6O2/c1-2-7-22-17-6-5-16(14-4-3-8-23-19(14)17)24-25-18-12(11-21)9-13(26(27)28)10-15(18)20/h2-6,8-10,22H,1,7H2. The summed E-state index contributed by atoms with van der Waals surface area (Å²) in [7, 11) is 0. The quantitative estimate of drug-likeness (QED) is 0.227. The number of nitriles is 1. The first-order chi connectivity index (χ1) is 13.5. The van der Waals surface area contributed by atoms with Gasteiger partial charge in [0.25, 0.3) is 5.69 Å². The summed E-state index contributed by atoms with van der Waals surface area (Å²) in [6, 6.07) is 11.7. The lowest BCUT2D eigenvalue weighted by atomic mass is 10.1. The molecule has 0 bridgehead atoms. The topological polar surface area (TPSA) is 117 Å². The van der Waals surface area contributed by atoms with Gasteiger partial charge in [0.05, 0.1) is 31.9 Å². The number of fused-ring (bicyclic) bond motifs is 1. The normalized spacial score (nSPS) is 10.7. The molecule has 0 aliphatic carbocycles. The van der Waals surface area contributed by atoms with E-state index in [0.717, 1.165) is 16.6 Å². The maximum absolute atomic E-state index is 11.0. The van der Waals surface area contributed by atoms with Crippen LogP contribution in [-0.4, -0.2) is 16.5 Å². The highest BCUT2D eigenvalue weighted by Crippen LogP contribution is 2.36. The number of nitrogens with one attached hydrogen (secondary N) is 1. The smallest absolute Gasteiger partial charge is 0.272 e. The molecule has 0 fully saturated rings. The maximum atomic E-state index is 11.0. The number of rotatable bonds is 6. The minimum absolute atomic E-state index is 0.0523. The molecule has 0 unspecified atom stereocenters. The number of pyridine rings is 1. The van der Waals surface area contributed by atoms with Crippen LogP contribution < -0.4 is 5.32 Å². The molecule has 3 rings (SSSR count). The summed E-state index contributed by atoms with van der Waals surface area (Å²) in [5, 5.41) is 32.7. The Bertz CT molecular complexity index is 1150. The van der Waals surface area contributed by atoms with Crippen molar-refractivity contribution in [3.05, 3.63) is 75.4 Å². The predicted molar refractivity (Wildman–Crippen MR) is 110 cm³/mol. The molecule has 0 radical (unpaired) electrons. The number of halogens is 1. The second kappa shape index (κ2) is 8.37. The third-order valence-electron chi connectivity index (χ3n) is 3.82. The van der Waals surface area contributed by atoms with E-state index in [4.69, 9.17) is 0 Å². The molecular formula is C19H13BrN6O2. The fraction of sp³-hybridized carbons (Fsp3) is 0.0526. The number of benzene rings is 2. The van der Waals surface area contributed by atoms with E-state index in [1.165, 1.54) is 12.1 Å². The van der Waals surface area contributed by atoms with Gasteiger partial charge in [0.1, 0.15) is 11.8 Å². The average molecular weight is 437 g/mol. The van der Waals surface area contributed by atoms with Crippen molar-refractivity contribution in [3.63, 3.8) is 0 Å². The third kappa shape index (κ3) is 3.87. The molecule has 0 atom stereocenters. The Morgan fingerprint density at radius 3 is 2.89 bits per heavy atom. The molecule has 1 aromatic heterocycles. The maximum Gasteiger partial charge on any atom is 0.272 e. The Morgan fingerprint density at radius 1 is 1.36 bits per heavy atom. The van der Waals surface area contributed by atoms with Crippen LogP contribution in [0.25, 0.3) is 10.9 Å². The van der Waals surface area contributed by atoms with Crippen LogP contribution >= 0.6 is 15.9 Å². The molecule has 9 heteroatoms. The van der Waals surface area contributed by atoms with Gasteiger partial charge in [-0.25, -0.2) is 0 Å². The lowest BCUT2D eigenvalue weighted by Crippen LogP contribution is -1.99. The summed E-state index contributed by atoms with van der Waals surface area (Å²) in [6.07, 6.45) is 3.43. The van der Waals surface area contributed by atoms with Crippen molar-refractivity contribution in [1.82, 2.24) is 4.98 Å². The molecule has 3 aromatic rings. The van der Waals surface area contributed by atoms with E-state index >= 15 is 0 Å². The molecule has 1 heterocycles. The molecule has 28 heavy (non-hydrogen) atoms. The first kappa shape index (κ1) is 19.1. The number of hydrogen-bond donors (Lipinski definition) is 1. The van der Waals surface area contributed by atoms with Crippen molar-refractivity contribution < 1.29 is 4.92 Å². The molecular weight excluding hydrogens is 424 g/mol. The minimum Gasteiger partial charge on any atom is -0.380 e. The zero-order chi connectivity index (χ0) is 20.1. The van der Waals surface area contributed by atoms with Gasteiger partial charge < -0.3 is 5.32 Å². The van der Waals surface area contributed by atoms with E-state index in [0.29, 0.717) is 16.7 Å². The molecule has 8 nitrogen and oxygen atoms in total. The Hall–Kier alpha value is -3.64. The number of nitro benzene ring substituents is 1. The van der Waals surface area contributed by atoms with Gasteiger partial charge in [0, 0.05) is 30.3 Å². The summed E-state index contributed by atoms with van der Waals surface area (Å²) >= 11 is 3.23. The van der Waals surface area contributed by atoms with Crippen LogP contribution in [0.1, 0.15) is 5.56 Å². The first-order valence-electron chi connectivity index (χ1n) is 8.07. The highest BCUT2D eigenvalue weighted by atomic mass is 79.9. The molecule has 0 aliphatic rings. The first-order valence-corrected chi connectivity index (χ1v) is 8.86. The van der Waals surface area contributed by atoms with Gasteiger partial charge in [-0.05, 0) is 40.2 Å². The Labute approximate surface area is 168 Å². The fourth-order valence-electron chi connectivity index (χ4n) is 2.55. The summed E-state index contributed by atoms with van der Waals surface area (Å²) < 4.78 is 0.314. The molecule has 0 spiro atoms. The van der Waals surface area contributed by atoms with Crippen molar-refractivity contribution in [3.8, 4) is 6.07 Å². The van der Waals surface area contributed by atoms with Crippen molar-refractivity contribution >= 4 is 49.6 Å². The van der Waals surface area contributed by atoms with Crippen LogP contribution in [0.15, 0.2) is 70.0 Å². The third-order valence-corrected chi connectivity index (χ3v) is 4.43. The van der Waals surface area contributed by atoms with Gasteiger partial charge in [-0.15, -0.1) is 16.8 Å². The predicted octanol–water partition coefficient (Wildman–Crippen LogP) is 5.79. The van der Waals surface area contributed by atoms with E-state index < -0.39 is 4.92 Å². The largest absolute Gasteiger partial charge is 0.380 e. The number of hydrogen-bond acceptors (Lipinski definition) is 7. The summed E-state index contributed by atoms with van der Waals surface area (Å²) in [6.45, 7) is 4.28. The number of azo groups is 1. The van der Waals surface area contributed by atoms with Crippen molar-refractivity contribution in [2.75, 3.05) is 11.9 Å². The molecule has 1 N–H and O–H groups in total.